The number of nitrogen functional groups attached to an aromatic ring is 1. The molecule has 0 aliphatic carbocycles. The lowest BCUT2D eigenvalue weighted by atomic mass is 10.1. The second-order valence-corrected chi connectivity index (χ2v) is 7.95. The van der Waals surface area contributed by atoms with Crippen molar-refractivity contribution in [3.63, 3.8) is 0 Å². The molecule has 0 aliphatic rings. The Balaban J connectivity index is 2.09. The molecule has 2 aromatic heterocycles. The molecule has 2 heterocycles. The SMILES string of the molecule is CCCCn1c(N)c(N(Cc2ccccc2)C(=O)/C=C/c2c(C)nn(C)c2C)c(=O)[nH]c1=O. The van der Waals surface area contributed by atoms with Crippen molar-refractivity contribution >= 4 is 23.5 Å². The number of aromatic nitrogens is 4. The zero-order chi connectivity index (χ0) is 24.1. The third-order valence-electron chi connectivity index (χ3n) is 5.63. The average Bonchev–Trinajstić information content (AvgIpc) is 3.02. The molecule has 0 atom stereocenters. The van der Waals surface area contributed by atoms with E-state index in [2.05, 4.69) is 10.1 Å². The summed E-state index contributed by atoms with van der Waals surface area (Å²) in [6.45, 7) is 6.24. The molecule has 3 N–H and O–H groups in total. The Morgan fingerprint density at radius 1 is 1.21 bits per heavy atom. The zero-order valence-electron chi connectivity index (χ0n) is 19.5. The van der Waals surface area contributed by atoms with Crippen molar-refractivity contribution in [2.24, 2.45) is 7.05 Å². The number of carbonyl (C=O) groups is 1. The predicted octanol–water partition coefficient (Wildman–Crippen LogP) is 2.52. The van der Waals surface area contributed by atoms with Crippen LogP contribution in [0.25, 0.3) is 6.08 Å². The topological polar surface area (TPSA) is 119 Å². The Bertz CT molecular complexity index is 1280. The van der Waals surface area contributed by atoms with Crippen LogP contribution in [-0.4, -0.2) is 25.2 Å². The molecule has 0 fully saturated rings. The summed E-state index contributed by atoms with van der Waals surface area (Å²) in [5.41, 5.74) is 8.32. The number of unbranched alkanes of at least 4 members (excludes halogenated alkanes) is 1. The number of amides is 1. The maximum Gasteiger partial charge on any atom is 0.330 e. The van der Waals surface area contributed by atoms with Gasteiger partial charge in [-0.1, -0.05) is 43.7 Å². The van der Waals surface area contributed by atoms with Gasteiger partial charge in [-0.2, -0.15) is 5.10 Å². The Hall–Kier alpha value is -3.88. The zero-order valence-corrected chi connectivity index (χ0v) is 19.5. The highest BCUT2D eigenvalue weighted by molar-refractivity contribution is 6.05. The number of nitrogens with two attached hydrogens (primary N) is 1. The van der Waals surface area contributed by atoms with Crippen LogP contribution in [0.15, 0.2) is 46.0 Å². The first-order valence-electron chi connectivity index (χ1n) is 10.9. The van der Waals surface area contributed by atoms with Gasteiger partial charge >= 0.3 is 5.69 Å². The number of nitrogens with one attached hydrogen (secondary N) is 1. The highest BCUT2D eigenvalue weighted by Gasteiger charge is 2.23. The summed E-state index contributed by atoms with van der Waals surface area (Å²) < 4.78 is 3.05. The molecule has 0 aliphatic heterocycles. The molecule has 3 aromatic rings. The molecule has 0 spiro atoms. The van der Waals surface area contributed by atoms with Crippen LogP contribution in [-0.2, 0) is 24.9 Å². The molecule has 3 rings (SSSR count). The Labute approximate surface area is 192 Å². The normalized spacial score (nSPS) is 11.3. The van der Waals surface area contributed by atoms with Crippen molar-refractivity contribution in [1.82, 2.24) is 19.3 Å². The average molecular weight is 451 g/mol. The van der Waals surface area contributed by atoms with E-state index in [0.29, 0.717) is 13.0 Å². The van der Waals surface area contributed by atoms with Crippen molar-refractivity contribution in [2.45, 2.75) is 46.7 Å². The number of rotatable bonds is 8. The van der Waals surface area contributed by atoms with Crippen LogP contribution in [0.5, 0.6) is 0 Å². The molecule has 0 bridgehead atoms. The van der Waals surface area contributed by atoms with Crippen molar-refractivity contribution in [3.8, 4) is 0 Å². The van der Waals surface area contributed by atoms with Crippen molar-refractivity contribution in [2.75, 3.05) is 10.6 Å². The van der Waals surface area contributed by atoms with Gasteiger partial charge in [-0.25, -0.2) is 4.79 Å². The Morgan fingerprint density at radius 3 is 2.52 bits per heavy atom. The predicted molar refractivity (Wildman–Crippen MR) is 130 cm³/mol. The fourth-order valence-corrected chi connectivity index (χ4v) is 3.69. The summed E-state index contributed by atoms with van der Waals surface area (Å²) in [6, 6.07) is 9.29. The van der Waals surface area contributed by atoms with Gasteiger partial charge in [0.15, 0.2) is 5.69 Å². The van der Waals surface area contributed by atoms with Crippen molar-refractivity contribution in [3.05, 3.63) is 79.8 Å². The van der Waals surface area contributed by atoms with E-state index in [1.807, 2.05) is 58.2 Å². The summed E-state index contributed by atoms with van der Waals surface area (Å²) >= 11 is 0. The summed E-state index contributed by atoms with van der Waals surface area (Å²) in [6.07, 6.45) is 4.65. The van der Waals surface area contributed by atoms with Crippen LogP contribution in [0.4, 0.5) is 11.5 Å². The fourth-order valence-electron chi connectivity index (χ4n) is 3.69. The highest BCUT2D eigenvalue weighted by Crippen LogP contribution is 2.21. The van der Waals surface area contributed by atoms with Gasteiger partial charge in [0.2, 0.25) is 0 Å². The third kappa shape index (κ3) is 5.14. The van der Waals surface area contributed by atoms with Gasteiger partial charge in [-0.3, -0.25) is 28.7 Å². The smallest absolute Gasteiger partial charge is 0.330 e. The molecule has 0 unspecified atom stereocenters. The first-order chi connectivity index (χ1) is 15.7. The number of hydrogen-bond donors (Lipinski definition) is 2. The quantitative estimate of drug-likeness (QED) is 0.511. The highest BCUT2D eigenvalue weighted by atomic mass is 16.2. The number of carbonyl (C=O) groups excluding carboxylic acids is 1. The van der Waals surface area contributed by atoms with E-state index in [4.69, 9.17) is 5.73 Å². The second-order valence-electron chi connectivity index (χ2n) is 7.95. The molecule has 9 nitrogen and oxygen atoms in total. The lowest BCUT2D eigenvalue weighted by molar-refractivity contribution is -0.114. The minimum absolute atomic E-state index is 0.0244. The molecular weight excluding hydrogens is 420 g/mol. The van der Waals surface area contributed by atoms with E-state index in [9.17, 15) is 14.4 Å². The second kappa shape index (κ2) is 10.2. The summed E-state index contributed by atoms with van der Waals surface area (Å²) in [5, 5.41) is 4.36. The van der Waals surface area contributed by atoms with Crippen LogP contribution in [0, 0.1) is 13.8 Å². The molecule has 1 aromatic carbocycles. The van der Waals surface area contributed by atoms with Gasteiger partial charge < -0.3 is 5.73 Å². The largest absolute Gasteiger partial charge is 0.383 e. The first kappa shape index (κ1) is 23.8. The number of hydrogen-bond acceptors (Lipinski definition) is 5. The van der Waals surface area contributed by atoms with Gasteiger partial charge in [-0.15, -0.1) is 0 Å². The maximum absolute atomic E-state index is 13.4. The number of nitrogens with zero attached hydrogens (tertiary/aromatic N) is 4. The van der Waals surface area contributed by atoms with E-state index in [1.54, 1.807) is 10.8 Å². The number of H-pyrrole nitrogens is 1. The number of aryl methyl sites for hydroxylation is 2. The van der Waals surface area contributed by atoms with E-state index >= 15 is 0 Å². The van der Waals surface area contributed by atoms with Gasteiger partial charge in [-0.05, 0) is 31.9 Å². The minimum atomic E-state index is -0.698. The van der Waals surface area contributed by atoms with E-state index in [-0.39, 0.29) is 18.1 Å². The Morgan fingerprint density at radius 2 is 1.91 bits per heavy atom. The summed E-state index contributed by atoms with van der Waals surface area (Å²) in [5.74, 6) is -0.456. The summed E-state index contributed by atoms with van der Waals surface area (Å²) in [4.78, 5) is 42.2. The molecule has 1 amide bonds. The first-order valence-corrected chi connectivity index (χ1v) is 10.9. The lowest BCUT2D eigenvalue weighted by Gasteiger charge is -2.23. The minimum Gasteiger partial charge on any atom is -0.383 e. The van der Waals surface area contributed by atoms with Gasteiger partial charge in [0, 0.05) is 30.9 Å². The van der Waals surface area contributed by atoms with Gasteiger partial charge in [0.1, 0.15) is 5.82 Å². The number of benzene rings is 1. The fraction of sp³-hybridized carbons (Fsp3) is 0.333. The van der Waals surface area contributed by atoms with E-state index < -0.39 is 17.2 Å². The van der Waals surface area contributed by atoms with Crippen LogP contribution >= 0.6 is 0 Å². The van der Waals surface area contributed by atoms with Crippen molar-refractivity contribution < 1.29 is 4.79 Å². The van der Waals surface area contributed by atoms with Crippen LogP contribution in [0.1, 0.15) is 42.3 Å². The number of anilines is 2. The molecule has 174 valence electrons. The lowest BCUT2D eigenvalue weighted by Crippen LogP contribution is -2.40. The molecule has 0 saturated carbocycles. The molecular formula is C24H30N6O3. The van der Waals surface area contributed by atoms with Gasteiger partial charge in [0.25, 0.3) is 11.5 Å². The standard InChI is InChI=1S/C24H30N6O3/c1-5-6-14-29-22(25)21(23(32)26-24(29)33)30(15-18-10-8-7-9-11-18)20(31)13-12-19-16(2)27-28(4)17(19)3/h7-13H,5-6,14-15,25H2,1-4H3,(H,26,32,33)/b13-12+. The van der Waals surface area contributed by atoms with Gasteiger partial charge in [0.05, 0.1) is 12.2 Å². The molecule has 9 heteroatoms. The third-order valence-corrected chi connectivity index (χ3v) is 5.63. The van der Waals surface area contributed by atoms with Crippen LogP contribution < -0.4 is 21.9 Å². The molecule has 33 heavy (non-hydrogen) atoms. The van der Waals surface area contributed by atoms with E-state index in [1.165, 1.54) is 15.5 Å². The maximum atomic E-state index is 13.4. The van der Waals surface area contributed by atoms with Crippen LogP contribution in [0.2, 0.25) is 0 Å². The number of aromatic amines is 1. The van der Waals surface area contributed by atoms with Crippen LogP contribution in [0.3, 0.4) is 0 Å². The van der Waals surface area contributed by atoms with E-state index in [0.717, 1.165) is 28.9 Å². The summed E-state index contributed by atoms with van der Waals surface area (Å²) in [7, 11) is 1.84. The van der Waals surface area contributed by atoms with Crippen molar-refractivity contribution in [1.29, 1.82) is 0 Å². The Kier molecular flexibility index (Phi) is 7.32. The molecule has 0 radical (unpaired) electrons. The molecule has 0 saturated heterocycles. The monoisotopic (exact) mass is 450 g/mol.